The van der Waals surface area contributed by atoms with Crippen LogP contribution in [0.1, 0.15) is 15.9 Å². The van der Waals surface area contributed by atoms with Crippen molar-refractivity contribution in [2.24, 2.45) is 0 Å². The highest BCUT2D eigenvalue weighted by atomic mass is 35.5. The third-order valence-electron chi connectivity index (χ3n) is 3.14. The summed E-state index contributed by atoms with van der Waals surface area (Å²) in [5.41, 5.74) is 2.14. The summed E-state index contributed by atoms with van der Waals surface area (Å²) >= 11 is 13.6. The van der Waals surface area contributed by atoms with Crippen LogP contribution < -0.4 is 0 Å². The van der Waals surface area contributed by atoms with Crippen molar-refractivity contribution in [2.45, 2.75) is 10.9 Å². The van der Waals surface area contributed by atoms with Gasteiger partial charge >= 0.3 is 5.97 Å². The van der Waals surface area contributed by atoms with E-state index in [1.165, 1.54) is 18.9 Å². The maximum Gasteiger partial charge on any atom is 0.337 e. The molecule has 1 aromatic carbocycles. The number of carbonyl (C=O) groups is 1. The smallest absolute Gasteiger partial charge is 0.337 e. The Morgan fingerprint density at radius 3 is 2.70 bits per heavy atom. The highest BCUT2D eigenvalue weighted by Crippen LogP contribution is 2.27. The number of fused-ring (bicyclic) bond motifs is 1. The Labute approximate surface area is 146 Å². The van der Waals surface area contributed by atoms with E-state index in [0.29, 0.717) is 32.2 Å². The Morgan fingerprint density at radius 1 is 1.26 bits per heavy atom. The van der Waals surface area contributed by atoms with Gasteiger partial charge in [0.25, 0.3) is 0 Å². The molecule has 5 nitrogen and oxygen atoms in total. The van der Waals surface area contributed by atoms with Crippen LogP contribution in [0.3, 0.4) is 0 Å². The van der Waals surface area contributed by atoms with Crippen LogP contribution in [0.4, 0.5) is 0 Å². The van der Waals surface area contributed by atoms with E-state index in [9.17, 15) is 4.79 Å². The Bertz CT molecular complexity index is 865. The number of hydrogen-bond acceptors (Lipinski definition) is 5. The number of ether oxygens (including phenoxy) is 1. The van der Waals surface area contributed by atoms with Crippen molar-refractivity contribution < 1.29 is 9.53 Å². The largest absolute Gasteiger partial charge is 0.465 e. The van der Waals surface area contributed by atoms with E-state index in [2.05, 4.69) is 14.9 Å². The van der Waals surface area contributed by atoms with Gasteiger partial charge in [-0.25, -0.2) is 4.79 Å². The number of methoxy groups -OCH3 is 1. The predicted octanol–water partition coefficient (Wildman–Crippen LogP) is 4.12. The van der Waals surface area contributed by atoms with E-state index in [1.807, 2.05) is 12.1 Å². The molecule has 0 atom stereocenters. The second-order valence-electron chi connectivity index (χ2n) is 4.66. The summed E-state index contributed by atoms with van der Waals surface area (Å²) in [4.78, 5) is 11.4. The Balaban J connectivity index is 1.77. The van der Waals surface area contributed by atoms with Crippen LogP contribution in [0.15, 0.2) is 41.7 Å². The molecule has 0 amide bonds. The standard InChI is InChI=1S/C15H11Cl2N3O2S/c1-22-14(21)10-4-2-9(3-5-10)8-23-15-19-18-13-12(17)6-11(16)7-20(13)15/h2-7H,8H2,1H3. The number of aromatic nitrogens is 3. The first kappa shape index (κ1) is 16.1. The molecule has 2 aromatic heterocycles. The molecule has 0 N–H and O–H groups in total. The molecule has 23 heavy (non-hydrogen) atoms. The van der Waals surface area contributed by atoms with Gasteiger partial charge in [0, 0.05) is 11.9 Å². The summed E-state index contributed by atoms with van der Waals surface area (Å²) in [5, 5.41) is 9.86. The van der Waals surface area contributed by atoms with E-state index in [1.54, 1.807) is 28.8 Å². The van der Waals surface area contributed by atoms with Crippen LogP contribution in [0.25, 0.3) is 5.65 Å². The van der Waals surface area contributed by atoms with E-state index in [-0.39, 0.29) is 5.97 Å². The lowest BCUT2D eigenvalue weighted by Crippen LogP contribution is -2.00. The highest BCUT2D eigenvalue weighted by molar-refractivity contribution is 7.98. The van der Waals surface area contributed by atoms with Crippen LogP contribution >= 0.6 is 35.0 Å². The molecule has 0 saturated carbocycles. The fourth-order valence-corrected chi connectivity index (χ4v) is 3.38. The monoisotopic (exact) mass is 367 g/mol. The number of hydrogen-bond donors (Lipinski definition) is 0. The van der Waals surface area contributed by atoms with Gasteiger partial charge in [0.1, 0.15) is 0 Å². The third kappa shape index (κ3) is 3.44. The van der Waals surface area contributed by atoms with Gasteiger partial charge in [-0.1, -0.05) is 47.1 Å². The third-order valence-corrected chi connectivity index (χ3v) is 4.64. The first-order chi connectivity index (χ1) is 11.1. The zero-order valence-corrected chi connectivity index (χ0v) is 14.3. The minimum absolute atomic E-state index is 0.350. The molecule has 0 radical (unpaired) electrons. The van der Waals surface area contributed by atoms with Gasteiger partial charge in [-0.3, -0.25) is 4.40 Å². The van der Waals surface area contributed by atoms with Crippen molar-refractivity contribution in [3.8, 4) is 0 Å². The van der Waals surface area contributed by atoms with Crippen LogP contribution in [0.2, 0.25) is 10.0 Å². The maximum atomic E-state index is 11.4. The first-order valence-electron chi connectivity index (χ1n) is 6.58. The SMILES string of the molecule is COC(=O)c1ccc(CSc2nnc3c(Cl)cc(Cl)cn23)cc1. The first-order valence-corrected chi connectivity index (χ1v) is 8.32. The molecule has 2 heterocycles. The summed E-state index contributed by atoms with van der Waals surface area (Å²) in [6.07, 6.45) is 1.73. The highest BCUT2D eigenvalue weighted by Gasteiger charge is 2.11. The number of rotatable bonds is 4. The molecule has 0 aliphatic heterocycles. The predicted molar refractivity (Wildman–Crippen MR) is 90.3 cm³/mol. The number of nitrogens with zero attached hydrogens (tertiary/aromatic N) is 3. The minimum Gasteiger partial charge on any atom is -0.465 e. The van der Waals surface area contributed by atoms with Gasteiger partial charge in [-0.05, 0) is 23.8 Å². The summed E-state index contributed by atoms with van der Waals surface area (Å²) < 4.78 is 6.44. The zero-order chi connectivity index (χ0) is 16.4. The average Bonchev–Trinajstić information content (AvgIpc) is 2.96. The molecule has 118 valence electrons. The number of esters is 1. The number of benzene rings is 1. The molecule has 3 rings (SSSR count). The van der Waals surface area contributed by atoms with Crippen LogP contribution in [-0.2, 0) is 10.5 Å². The fraction of sp³-hybridized carbons (Fsp3) is 0.133. The van der Waals surface area contributed by atoms with Crippen molar-refractivity contribution in [3.05, 3.63) is 57.7 Å². The molecule has 0 spiro atoms. The molecule has 0 fully saturated rings. The summed E-state index contributed by atoms with van der Waals surface area (Å²) in [7, 11) is 1.36. The molecule has 0 aliphatic rings. The van der Waals surface area contributed by atoms with Gasteiger partial charge in [-0.2, -0.15) is 0 Å². The molecule has 8 heteroatoms. The second kappa shape index (κ2) is 6.78. The number of halogens is 2. The van der Waals surface area contributed by atoms with Crippen molar-refractivity contribution in [1.82, 2.24) is 14.6 Å². The lowest BCUT2D eigenvalue weighted by atomic mass is 10.1. The minimum atomic E-state index is -0.350. The Kier molecular flexibility index (Phi) is 4.75. The summed E-state index contributed by atoms with van der Waals surface area (Å²) in [6.45, 7) is 0. The molecular formula is C15H11Cl2N3O2S. The fourth-order valence-electron chi connectivity index (χ4n) is 2.00. The maximum absolute atomic E-state index is 11.4. The van der Waals surface area contributed by atoms with Crippen molar-refractivity contribution in [3.63, 3.8) is 0 Å². The summed E-state index contributed by atoms with van der Waals surface area (Å²) in [5.74, 6) is 0.323. The van der Waals surface area contributed by atoms with Crippen LogP contribution in [-0.4, -0.2) is 27.7 Å². The second-order valence-corrected chi connectivity index (χ2v) is 6.45. The normalized spacial score (nSPS) is 10.9. The Hall–Kier alpha value is -1.76. The number of pyridine rings is 1. The van der Waals surface area contributed by atoms with Crippen molar-refractivity contribution in [2.75, 3.05) is 7.11 Å². The molecule has 0 aliphatic carbocycles. The molecule has 0 saturated heterocycles. The lowest BCUT2D eigenvalue weighted by Gasteiger charge is -2.03. The van der Waals surface area contributed by atoms with Crippen LogP contribution in [0.5, 0.6) is 0 Å². The molecule has 3 aromatic rings. The van der Waals surface area contributed by atoms with Gasteiger partial charge in [0.05, 0.1) is 22.7 Å². The van der Waals surface area contributed by atoms with E-state index >= 15 is 0 Å². The van der Waals surface area contributed by atoms with Crippen molar-refractivity contribution >= 4 is 46.6 Å². The van der Waals surface area contributed by atoms with Gasteiger partial charge in [-0.15, -0.1) is 10.2 Å². The molecule has 0 bridgehead atoms. The van der Waals surface area contributed by atoms with Gasteiger partial charge < -0.3 is 4.74 Å². The molecular weight excluding hydrogens is 357 g/mol. The average molecular weight is 368 g/mol. The lowest BCUT2D eigenvalue weighted by molar-refractivity contribution is 0.0600. The van der Waals surface area contributed by atoms with Gasteiger partial charge in [0.15, 0.2) is 10.8 Å². The summed E-state index contributed by atoms with van der Waals surface area (Å²) in [6, 6.07) is 8.85. The topological polar surface area (TPSA) is 56.5 Å². The van der Waals surface area contributed by atoms with Crippen molar-refractivity contribution in [1.29, 1.82) is 0 Å². The number of thioether (sulfide) groups is 1. The zero-order valence-electron chi connectivity index (χ0n) is 12.0. The van der Waals surface area contributed by atoms with Gasteiger partial charge in [0.2, 0.25) is 0 Å². The van der Waals surface area contributed by atoms with E-state index < -0.39 is 0 Å². The Morgan fingerprint density at radius 2 is 2.00 bits per heavy atom. The van der Waals surface area contributed by atoms with Crippen LogP contribution in [0, 0.1) is 0 Å². The van der Waals surface area contributed by atoms with E-state index in [0.717, 1.165) is 5.56 Å². The molecule has 0 unspecified atom stereocenters. The quantitative estimate of drug-likeness (QED) is 0.512. The van der Waals surface area contributed by atoms with E-state index in [4.69, 9.17) is 23.2 Å². The number of carbonyl (C=O) groups excluding carboxylic acids is 1.